The van der Waals surface area contributed by atoms with Gasteiger partial charge in [0, 0.05) is 25.3 Å². The van der Waals surface area contributed by atoms with Crippen LogP contribution in [-0.2, 0) is 11.3 Å². The molecule has 0 fully saturated rings. The van der Waals surface area contributed by atoms with E-state index in [1.807, 2.05) is 25.2 Å². The summed E-state index contributed by atoms with van der Waals surface area (Å²) in [4.78, 5) is 13.7. The van der Waals surface area contributed by atoms with E-state index in [0.29, 0.717) is 13.0 Å². The fourth-order valence-corrected chi connectivity index (χ4v) is 2.36. The monoisotopic (exact) mass is 327 g/mol. The third-order valence-electron chi connectivity index (χ3n) is 3.06. The van der Waals surface area contributed by atoms with Gasteiger partial charge in [0.15, 0.2) is 11.5 Å². The van der Waals surface area contributed by atoms with Crippen LogP contribution in [0.4, 0.5) is 0 Å². The highest BCUT2D eigenvalue weighted by Gasteiger charge is 2.15. The zero-order valence-corrected chi connectivity index (χ0v) is 12.6. The molecule has 0 saturated heterocycles. The molecule has 1 aromatic carbocycles. The Morgan fingerprint density at radius 1 is 1.32 bits per heavy atom. The van der Waals surface area contributed by atoms with Gasteiger partial charge in [0.2, 0.25) is 12.7 Å². The first kappa shape index (κ1) is 14.2. The molecule has 1 aromatic rings. The molecule has 0 aromatic heterocycles. The summed E-state index contributed by atoms with van der Waals surface area (Å²) < 4.78 is 10.6. The summed E-state index contributed by atoms with van der Waals surface area (Å²) in [7, 11) is 1.83. The Bertz CT molecular complexity index is 450. The quantitative estimate of drug-likeness (QED) is 0.595. The van der Waals surface area contributed by atoms with E-state index < -0.39 is 0 Å². The minimum Gasteiger partial charge on any atom is -0.454 e. The van der Waals surface area contributed by atoms with Crippen LogP contribution in [0.25, 0.3) is 0 Å². The third-order valence-corrected chi connectivity index (χ3v) is 3.62. The lowest BCUT2D eigenvalue weighted by Gasteiger charge is -2.17. The van der Waals surface area contributed by atoms with Crippen molar-refractivity contribution in [2.24, 2.45) is 0 Å². The molecule has 0 aliphatic carbocycles. The fourth-order valence-electron chi connectivity index (χ4n) is 1.96. The van der Waals surface area contributed by atoms with E-state index in [1.165, 1.54) is 0 Å². The van der Waals surface area contributed by atoms with Gasteiger partial charge in [-0.15, -0.1) is 0 Å². The van der Waals surface area contributed by atoms with Gasteiger partial charge in [0.05, 0.1) is 0 Å². The number of rotatable bonds is 6. The number of halogens is 1. The first-order valence-corrected chi connectivity index (χ1v) is 7.51. The van der Waals surface area contributed by atoms with Gasteiger partial charge in [0.1, 0.15) is 0 Å². The molecule has 0 spiro atoms. The van der Waals surface area contributed by atoms with Crippen LogP contribution >= 0.6 is 15.9 Å². The van der Waals surface area contributed by atoms with Crippen LogP contribution in [0.5, 0.6) is 11.5 Å². The zero-order chi connectivity index (χ0) is 13.7. The predicted molar refractivity (Wildman–Crippen MR) is 76.7 cm³/mol. The van der Waals surface area contributed by atoms with Crippen LogP contribution < -0.4 is 9.47 Å². The van der Waals surface area contributed by atoms with Crippen LogP contribution in [0.1, 0.15) is 24.8 Å². The van der Waals surface area contributed by atoms with Crippen LogP contribution in [-0.4, -0.2) is 30.0 Å². The van der Waals surface area contributed by atoms with Crippen LogP contribution in [0, 0.1) is 0 Å². The second-order valence-corrected chi connectivity index (χ2v) is 5.38. The summed E-state index contributed by atoms with van der Waals surface area (Å²) in [6.45, 7) is 0.879. The Morgan fingerprint density at radius 3 is 2.89 bits per heavy atom. The Balaban J connectivity index is 1.88. The molecule has 1 aliphatic rings. The lowest BCUT2D eigenvalue weighted by molar-refractivity contribution is -0.130. The molecular formula is C14H18BrNO3. The average Bonchev–Trinajstić information content (AvgIpc) is 2.86. The Morgan fingerprint density at radius 2 is 2.11 bits per heavy atom. The highest BCUT2D eigenvalue weighted by Crippen LogP contribution is 2.32. The number of ether oxygens (including phenoxy) is 2. The van der Waals surface area contributed by atoms with E-state index in [2.05, 4.69) is 15.9 Å². The number of carbonyl (C=O) groups excluding carboxylic acids is 1. The van der Waals surface area contributed by atoms with Gasteiger partial charge in [-0.05, 0) is 30.5 Å². The second-order valence-electron chi connectivity index (χ2n) is 4.58. The van der Waals surface area contributed by atoms with Crippen molar-refractivity contribution < 1.29 is 14.3 Å². The molecule has 0 unspecified atom stereocenters. The molecular weight excluding hydrogens is 310 g/mol. The lowest BCUT2D eigenvalue weighted by atomic mass is 10.1. The first-order chi connectivity index (χ1) is 9.20. The smallest absolute Gasteiger partial charge is 0.231 e. The first-order valence-electron chi connectivity index (χ1n) is 6.39. The Kier molecular flexibility index (Phi) is 5.07. The lowest BCUT2D eigenvalue weighted by Crippen LogP contribution is -2.25. The van der Waals surface area contributed by atoms with Crippen molar-refractivity contribution >= 4 is 21.8 Å². The van der Waals surface area contributed by atoms with Crippen molar-refractivity contribution in [1.82, 2.24) is 4.90 Å². The normalized spacial score (nSPS) is 12.5. The number of amides is 1. The molecule has 1 aliphatic heterocycles. The number of unbranched alkanes of at least 4 members (excludes halogenated alkanes) is 1. The topological polar surface area (TPSA) is 38.8 Å². The van der Waals surface area contributed by atoms with E-state index in [4.69, 9.17) is 9.47 Å². The molecule has 19 heavy (non-hydrogen) atoms. The fraction of sp³-hybridized carbons (Fsp3) is 0.500. The summed E-state index contributed by atoms with van der Waals surface area (Å²) in [6, 6.07) is 5.79. The largest absolute Gasteiger partial charge is 0.454 e. The molecule has 0 bridgehead atoms. The van der Waals surface area contributed by atoms with Crippen LogP contribution in [0.15, 0.2) is 18.2 Å². The van der Waals surface area contributed by atoms with Crippen molar-refractivity contribution in [3.63, 3.8) is 0 Å². The molecule has 5 heteroatoms. The van der Waals surface area contributed by atoms with Crippen LogP contribution in [0.2, 0.25) is 0 Å². The maximum Gasteiger partial charge on any atom is 0.231 e. The standard InChI is InChI=1S/C14H18BrNO3/c1-16(14(17)4-2-3-7-15)9-11-5-6-12-13(8-11)19-10-18-12/h5-6,8H,2-4,7,9-10H2,1H3. The molecule has 2 rings (SSSR count). The third kappa shape index (κ3) is 3.86. The van der Waals surface area contributed by atoms with Gasteiger partial charge in [-0.1, -0.05) is 22.0 Å². The zero-order valence-electron chi connectivity index (χ0n) is 11.0. The summed E-state index contributed by atoms with van der Waals surface area (Å²) >= 11 is 3.37. The van der Waals surface area contributed by atoms with E-state index in [9.17, 15) is 4.79 Å². The average molecular weight is 328 g/mol. The van der Waals surface area contributed by atoms with Crippen LogP contribution in [0.3, 0.4) is 0 Å². The predicted octanol–water partition coefficient (Wildman–Crippen LogP) is 2.94. The van der Waals surface area contributed by atoms with E-state index in [-0.39, 0.29) is 12.7 Å². The molecule has 1 heterocycles. The summed E-state index contributed by atoms with van der Waals surface area (Å²) in [5, 5.41) is 0.951. The number of hydrogen-bond acceptors (Lipinski definition) is 3. The highest BCUT2D eigenvalue weighted by molar-refractivity contribution is 9.09. The molecule has 104 valence electrons. The Hall–Kier alpha value is -1.23. The van der Waals surface area contributed by atoms with E-state index >= 15 is 0 Å². The van der Waals surface area contributed by atoms with Crippen molar-refractivity contribution in [3.05, 3.63) is 23.8 Å². The number of benzene rings is 1. The van der Waals surface area contributed by atoms with Gasteiger partial charge < -0.3 is 14.4 Å². The van der Waals surface area contributed by atoms with Crippen molar-refractivity contribution in [2.75, 3.05) is 19.2 Å². The molecule has 0 radical (unpaired) electrons. The molecule has 4 nitrogen and oxygen atoms in total. The van der Waals surface area contributed by atoms with Gasteiger partial charge in [-0.2, -0.15) is 0 Å². The van der Waals surface area contributed by atoms with Crippen molar-refractivity contribution in [1.29, 1.82) is 0 Å². The number of alkyl halides is 1. The minimum absolute atomic E-state index is 0.179. The summed E-state index contributed by atoms with van der Waals surface area (Å²) in [5.41, 5.74) is 1.06. The van der Waals surface area contributed by atoms with E-state index in [1.54, 1.807) is 4.90 Å². The molecule has 1 amide bonds. The number of fused-ring (bicyclic) bond motifs is 1. The van der Waals surface area contributed by atoms with E-state index in [0.717, 1.165) is 35.2 Å². The molecule has 0 saturated carbocycles. The number of hydrogen-bond donors (Lipinski definition) is 0. The van der Waals surface area contributed by atoms with Gasteiger partial charge >= 0.3 is 0 Å². The minimum atomic E-state index is 0.179. The van der Waals surface area contributed by atoms with Crippen molar-refractivity contribution in [2.45, 2.75) is 25.8 Å². The summed E-state index contributed by atoms with van der Waals surface area (Å²) in [6.07, 6.45) is 2.56. The SMILES string of the molecule is CN(Cc1ccc2c(c1)OCO2)C(=O)CCCCBr. The van der Waals surface area contributed by atoms with Gasteiger partial charge in [-0.25, -0.2) is 0 Å². The van der Waals surface area contributed by atoms with Gasteiger partial charge in [-0.3, -0.25) is 4.79 Å². The molecule has 0 N–H and O–H groups in total. The summed E-state index contributed by atoms with van der Waals surface area (Å²) in [5.74, 6) is 1.71. The highest BCUT2D eigenvalue weighted by atomic mass is 79.9. The maximum atomic E-state index is 11.9. The maximum absolute atomic E-state index is 11.9. The van der Waals surface area contributed by atoms with Gasteiger partial charge in [0.25, 0.3) is 0 Å². The second kappa shape index (κ2) is 6.80. The van der Waals surface area contributed by atoms with Crippen molar-refractivity contribution in [3.8, 4) is 11.5 Å². The number of nitrogens with zero attached hydrogens (tertiary/aromatic N) is 1. The molecule has 0 atom stereocenters. The number of carbonyl (C=O) groups is 1. The Labute approximate surface area is 121 Å².